The summed E-state index contributed by atoms with van der Waals surface area (Å²) in [6.07, 6.45) is -2.08. The molecule has 0 heterocycles. The van der Waals surface area contributed by atoms with Crippen LogP contribution in [-0.2, 0) is 12.6 Å². The van der Waals surface area contributed by atoms with Gasteiger partial charge < -0.3 is 4.74 Å². The fraction of sp³-hybridized carbons (Fsp3) is 0.211. The number of hydrogen-bond donors (Lipinski definition) is 0. The zero-order chi connectivity index (χ0) is 17.3. The second-order valence-corrected chi connectivity index (χ2v) is 5.61. The molecule has 0 atom stereocenters. The Bertz CT molecular complexity index is 820. The van der Waals surface area contributed by atoms with Gasteiger partial charge in [0.1, 0.15) is 5.75 Å². The van der Waals surface area contributed by atoms with Crippen molar-refractivity contribution in [2.75, 3.05) is 7.11 Å². The molecule has 1 aliphatic carbocycles. The van der Waals surface area contributed by atoms with Crippen LogP contribution in [0.1, 0.15) is 33.5 Å². The number of methoxy groups -OCH3 is 1. The lowest BCUT2D eigenvalue weighted by Crippen LogP contribution is -2.15. The second kappa shape index (κ2) is 6.15. The fourth-order valence-electron chi connectivity index (χ4n) is 2.89. The van der Waals surface area contributed by atoms with Crippen molar-refractivity contribution in [3.63, 3.8) is 0 Å². The number of ether oxygens (including phenoxy) is 1. The molecule has 0 radical (unpaired) electrons. The third-order valence-corrected chi connectivity index (χ3v) is 4.11. The van der Waals surface area contributed by atoms with E-state index in [2.05, 4.69) is 0 Å². The van der Waals surface area contributed by atoms with E-state index in [1.807, 2.05) is 0 Å². The first-order valence-corrected chi connectivity index (χ1v) is 7.48. The number of rotatable bonds is 2. The van der Waals surface area contributed by atoms with E-state index in [1.54, 1.807) is 25.3 Å². The number of ketones is 1. The molecule has 0 bridgehead atoms. The Morgan fingerprint density at radius 2 is 1.83 bits per heavy atom. The third-order valence-electron chi connectivity index (χ3n) is 4.11. The van der Waals surface area contributed by atoms with Gasteiger partial charge in [0.2, 0.25) is 0 Å². The normalized spacial score (nSPS) is 16.2. The van der Waals surface area contributed by atoms with E-state index in [-0.39, 0.29) is 11.3 Å². The molecule has 0 fully saturated rings. The van der Waals surface area contributed by atoms with Crippen molar-refractivity contribution in [2.24, 2.45) is 0 Å². The van der Waals surface area contributed by atoms with Gasteiger partial charge >= 0.3 is 6.18 Å². The van der Waals surface area contributed by atoms with Crippen molar-refractivity contribution in [3.05, 3.63) is 70.3 Å². The van der Waals surface area contributed by atoms with Crippen LogP contribution in [0.3, 0.4) is 0 Å². The summed E-state index contributed by atoms with van der Waals surface area (Å²) >= 11 is 0. The highest BCUT2D eigenvalue weighted by molar-refractivity contribution is 6.13. The number of allylic oxidation sites excluding steroid dienone is 1. The zero-order valence-corrected chi connectivity index (χ0v) is 13.0. The average molecular weight is 332 g/mol. The van der Waals surface area contributed by atoms with Crippen LogP contribution < -0.4 is 4.74 Å². The van der Waals surface area contributed by atoms with E-state index >= 15 is 0 Å². The van der Waals surface area contributed by atoms with E-state index in [4.69, 9.17) is 4.74 Å². The Kier molecular flexibility index (Phi) is 4.18. The van der Waals surface area contributed by atoms with Gasteiger partial charge in [0.25, 0.3) is 0 Å². The molecule has 24 heavy (non-hydrogen) atoms. The predicted octanol–water partition coefficient (Wildman–Crippen LogP) is 4.93. The maximum Gasteiger partial charge on any atom is 0.416 e. The quantitative estimate of drug-likeness (QED) is 0.729. The van der Waals surface area contributed by atoms with Gasteiger partial charge in [0, 0.05) is 11.1 Å². The van der Waals surface area contributed by atoms with Crippen molar-refractivity contribution in [1.29, 1.82) is 0 Å². The van der Waals surface area contributed by atoms with Gasteiger partial charge in [-0.1, -0.05) is 18.2 Å². The highest BCUT2D eigenvalue weighted by Gasteiger charge is 2.33. The minimum Gasteiger partial charge on any atom is -0.497 e. The van der Waals surface area contributed by atoms with E-state index in [0.717, 1.165) is 11.6 Å². The molecule has 0 unspecified atom stereocenters. The molecular weight excluding hydrogens is 317 g/mol. The summed E-state index contributed by atoms with van der Waals surface area (Å²) in [6.45, 7) is 0. The maximum absolute atomic E-state index is 13.1. The number of halogens is 3. The van der Waals surface area contributed by atoms with Gasteiger partial charge in [-0.25, -0.2) is 0 Å². The number of alkyl halides is 3. The number of aryl methyl sites for hydroxylation is 1. The topological polar surface area (TPSA) is 26.3 Å². The third kappa shape index (κ3) is 3.07. The molecule has 2 aromatic carbocycles. The fourth-order valence-corrected chi connectivity index (χ4v) is 2.89. The van der Waals surface area contributed by atoms with Crippen LogP contribution in [0.25, 0.3) is 6.08 Å². The van der Waals surface area contributed by atoms with E-state index in [9.17, 15) is 18.0 Å². The maximum atomic E-state index is 13.1. The highest BCUT2D eigenvalue weighted by atomic mass is 19.4. The monoisotopic (exact) mass is 332 g/mol. The van der Waals surface area contributed by atoms with Gasteiger partial charge in [-0.2, -0.15) is 13.2 Å². The van der Waals surface area contributed by atoms with Crippen LogP contribution >= 0.6 is 0 Å². The lowest BCUT2D eigenvalue weighted by Gasteiger charge is -2.19. The van der Waals surface area contributed by atoms with Crippen molar-refractivity contribution in [2.45, 2.75) is 19.0 Å². The highest BCUT2D eigenvalue weighted by Crippen LogP contribution is 2.35. The summed E-state index contributed by atoms with van der Waals surface area (Å²) in [5.41, 5.74) is 1.07. The Morgan fingerprint density at radius 3 is 2.54 bits per heavy atom. The molecule has 0 aliphatic heterocycles. The van der Waals surface area contributed by atoms with Gasteiger partial charge in [0.05, 0.1) is 12.7 Å². The minimum atomic E-state index is -4.45. The summed E-state index contributed by atoms with van der Waals surface area (Å²) in [5.74, 6) is 0.437. The molecule has 0 aromatic heterocycles. The van der Waals surface area contributed by atoms with Gasteiger partial charge in [-0.15, -0.1) is 0 Å². The smallest absolute Gasteiger partial charge is 0.416 e. The molecule has 1 aliphatic rings. The summed E-state index contributed by atoms with van der Waals surface area (Å²) in [5, 5.41) is 0. The van der Waals surface area contributed by atoms with Crippen molar-refractivity contribution in [3.8, 4) is 5.75 Å². The number of fused-ring (bicyclic) bond motifs is 1. The first kappa shape index (κ1) is 16.3. The van der Waals surface area contributed by atoms with Crippen molar-refractivity contribution in [1.82, 2.24) is 0 Å². The molecule has 0 saturated heterocycles. The van der Waals surface area contributed by atoms with Crippen molar-refractivity contribution < 1.29 is 22.7 Å². The second-order valence-electron chi connectivity index (χ2n) is 5.61. The first-order chi connectivity index (χ1) is 11.4. The standard InChI is InChI=1S/C19H15F3O2/c1-24-15-8-9-16-12(11-15)6-7-14(18(16)23)10-13-4-2-3-5-17(13)19(20,21)22/h2-5,8-11H,6-7H2,1H3/b14-10-. The van der Waals surface area contributed by atoms with Crippen LogP contribution in [0, 0.1) is 0 Å². The average Bonchev–Trinajstić information content (AvgIpc) is 2.56. The molecular formula is C19H15F3O2. The van der Waals surface area contributed by atoms with E-state index in [1.165, 1.54) is 24.3 Å². The largest absolute Gasteiger partial charge is 0.497 e. The number of Topliss-reactive ketones (excluding diaryl/α,β-unsaturated/α-hetero) is 1. The Labute approximate surface area is 137 Å². The van der Waals surface area contributed by atoms with Crippen LogP contribution in [0.15, 0.2) is 48.0 Å². The molecule has 5 heteroatoms. The minimum absolute atomic E-state index is 0.0188. The van der Waals surface area contributed by atoms with Crippen LogP contribution in [0.4, 0.5) is 13.2 Å². The zero-order valence-electron chi connectivity index (χ0n) is 13.0. The molecule has 2 aromatic rings. The summed E-state index contributed by atoms with van der Waals surface area (Å²) in [4.78, 5) is 12.6. The predicted molar refractivity (Wildman–Crippen MR) is 85.1 cm³/mol. The molecule has 124 valence electrons. The lowest BCUT2D eigenvalue weighted by molar-refractivity contribution is -0.137. The first-order valence-electron chi connectivity index (χ1n) is 7.48. The molecule has 0 N–H and O–H groups in total. The summed E-state index contributed by atoms with van der Waals surface area (Å²) in [6, 6.07) is 10.4. The van der Waals surface area contributed by atoms with Gasteiger partial charge in [-0.3, -0.25) is 4.79 Å². The number of hydrogen-bond acceptors (Lipinski definition) is 2. The molecule has 0 spiro atoms. The SMILES string of the molecule is COc1ccc2c(c1)CC/C(=C/c1ccccc1C(F)(F)F)C2=O. The number of carbonyl (C=O) groups excluding carboxylic acids is 1. The lowest BCUT2D eigenvalue weighted by atomic mass is 9.85. The molecule has 2 nitrogen and oxygen atoms in total. The molecule has 3 rings (SSSR count). The Balaban J connectivity index is 2.00. The van der Waals surface area contributed by atoms with Gasteiger partial charge in [0.15, 0.2) is 5.78 Å². The van der Waals surface area contributed by atoms with Crippen LogP contribution in [0.2, 0.25) is 0 Å². The van der Waals surface area contributed by atoms with Crippen LogP contribution in [0.5, 0.6) is 5.75 Å². The van der Waals surface area contributed by atoms with E-state index < -0.39 is 11.7 Å². The van der Waals surface area contributed by atoms with Crippen LogP contribution in [-0.4, -0.2) is 12.9 Å². The van der Waals surface area contributed by atoms with Gasteiger partial charge in [-0.05, 0) is 54.3 Å². The van der Waals surface area contributed by atoms with Crippen molar-refractivity contribution >= 4 is 11.9 Å². The molecule has 0 amide bonds. The summed E-state index contributed by atoms with van der Waals surface area (Å²) in [7, 11) is 1.55. The Morgan fingerprint density at radius 1 is 1.08 bits per heavy atom. The molecule has 0 saturated carbocycles. The summed E-state index contributed by atoms with van der Waals surface area (Å²) < 4.78 is 44.4. The number of carbonyl (C=O) groups is 1. The van der Waals surface area contributed by atoms with E-state index in [0.29, 0.717) is 29.7 Å². The Hall–Kier alpha value is -2.56. The number of benzene rings is 2.